The molecule has 22 heavy (non-hydrogen) atoms. The van der Waals surface area contributed by atoms with Crippen molar-refractivity contribution in [2.24, 2.45) is 7.05 Å². The van der Waals surface area contributed by atoms with Crippen molar-refractivity contribution in [2.45, 2.75) is 0 Å². The molecule has 2 heterocycles. The largest absolute Gasteiger partial charge is 0.478 e. The van der Waals surface area contributed by atoms with Gasteiger partial charge in [-0.3, -0.25) is 4.79 Å². The van der Waals surface area contributed by atoms with Gasteiger partial charge in [-0.2, -0.15) is 0 Å². The first kappa shape index (κ1) is 13.8. The molecule has 0 saturated carbocycles. The Balaban J connectivity index is 2.42. The Morgan fingerprint density at radius 2 is 1.86 bits per heavy atom. The van der Waals surface area contributed by atoms with E-state index in [-0.39, 0.29) is 22.3 Å². The number of H-pyrrole nitrogens is 1. The molecule has 3 rings (SSSR count). The zero-order valence-electron chi connectivity index (χ0n) is 11.3. The normalized spacial score (nSPS) is 11.0. The van der Waals surface area contributed by atoms with E-state index in [0.717, 1.165) is 16.7 Å². The van der Waals surface area contributed by atoms with Gasteiger partial charge in [-0.25, -0.2) is 18.5 Å². The molecule has 112 valence electrons. The number of rotatable bonds is 2. The third kappa shape index (κ3) is 1.93. The van der Waals surface area contributed by atoms with Crippen molar-refractivity contribution in [1.82, 2.24) is 14.1 Å². The predicted octanol–water partition coefficient (Wildman–Crippen LogP) is 0.855. The lowest BCUT2D eigenvalue weighted by molar-refractivity contribution is 0.0698. The molecule has 2 N–H and O–H groups in total. The van der Waals surface area contributed by atoms with E-state index in [1.165, 1.54) is 29.9 Å². The minimum absolute atomic E-state index is 0.0386. The molecule has 0 unspecified atom stereocenters. The minimum Gasteiger partial charge on any atom is -0.478 e. The van der Waals surface area contributed by atoms with E-state index in [1.807, 2.05) is 0 Å². The second kappa shape index (κ2) is 4.69. The fraction of sp³-hybridized carbons (Fsp3) is 0.0714. The molecule has 0 aliphatic rings. The molecule has 0 atom stereocenters. The average Bonchev–Trinajstić information content (AvgIpc) is 2.78. The summed E-state index contributed by atoms with van der Waals surface area (Å²) in [6.07, 6.45) is 1.25. The van der Waals surface area contributed by atoms with E-state index in [9.17, 15) is 18.8 Å². The van der Waals surface area contributed by atoms with Crippen LogP contribution in [0, 0.1) is 5.82 Å². The monoisotopic (exact) mass is 303 g/mol. The standard InChI is InChI=1S/C14H10FN3O4/c1-17-6-9(13(20)21)10-11(17)12(19)18(14(22)16-10)8-4-2-7(15)3-5-8/h2-6H,1H3,(H,16,22)(H,20,21). The third-order valence-corrected chi connectivity index (χ3v) is 3.34. The van der Waals surface area contributed by atoms with Crippen LogP contribution in [0.15, 0.2) is 40.1 Å². The number of fused-ring (bicyclic) bond motifs is 1. The summed E-state index contributed by atoms with van der Waals surface area (Å²) in [5.41, 5.74) is -1.45. The average molecular weight is 303 g/mol. The smallest absolute Gasteiger partial charge is 0.339 e. The Morgan fingerprint density at radius 1 is 1.23 bits per heavy atom. The molecule has 0 amide bonds. The maximum atomic E-state index is 13.0. The number of nitrogens with zero attached hydrogens (tertiary/aromatic N) is 2. The lowest BCUT2D eigenvalue weighted by Crippen LogP contribution is -2.34. The number of aryl methyl sites for hydroxylation is 1. The fourth-order valence-electron chi connectivity index (χ4n) is 2.36. The molecule has 3 aromatic rings. The van der Waals surface area contributed by atoms with Gasteiger partial charge in [0, 0.05) is 13.2 Å². The summed E-state index contributed by atoms with van der Waals surface area (Å²) in [6.45, 7) is 0. The highest BCUT2D eigenvalue weighted by atomic mass is 19.1. The molecule has 0 spiro atoms. The van der Waals surface area contributed by atoms with Crippen molar-refractivity contribution < 1.29 is 14.3 Å². The molecule has 0 radical (unpaired) electrons. The first-order valence-electron chi connectivity index (χ1n) is 6.23. The summed E-state index contributed by atoms with van der Waals surface area (Å²) in [4.78, 5) is 38.2. The lowest BCUT2D eigenvalue weighted by atomic mass is 10.2. The van der Waals surface area contributed by atoms with Gasteiger partial charge in [0.05, 0.1) is 11.2 Å². The van der Waals surface area contributed by atoms with Crippen LogP contribution >= 0.6 is 0 Å². The molecule has 7 nitrogen and oxygen atoms in total. The lowest BCUT2D eigenvalue weighted by Gasteiger charge is -2.05. The van der Waals surface area contributed by atoms with E-state index in [2.05, 4.69) is 4.98 Å². The Hall–Kier alpha value is -3.16. The number of halogens is 1. The molecule has 2 aromatic heterocycles. The number of aromatic amines is 1. The highest BCUT2D eigenvalue weighted by molar-refractivity contribution is 6.01. The van der Waals surface area contributed by atoms with E-state index >= 15 is 0 Å². The predicted molar refractivity (Wildman–Crippen MR) is 76.1 cm³/mol. The molecule has 0 fully saturated rings. The van der Waals surface area contributed by atoms with Crippen LogP contribution in [0.4, 0.5) is 4.39 Å². The summed E-state index contributed by atoms with van der Waals surface area (Å²) in [7, 11) is 1.50. The molecule has 1 aromatic carbocycles. The van der Waals surface area contributed by atoms with Crippen molar-refractivity contribution in [3.8, 4) is 5.69 Å². The number of carboxylic acids is 1. The van der Waals surface area contributed by atoms with E-state index in [4.69, 9.17) is 5.11 Å². The number of nitrogens with one attached hydrogen (secondary N) is 1. The second-order valence-corrected chi connectivity index (χ2v) is 4.73. The summed E-state index contributed by atoms with van der Waals surface area (Å²) in [6, 6.07) is 4.83. The van der Waals surface area contributed by atoms with E-state index in [1.54, 1.807) is 0 Å². The van der Waals surface area contributed by atoms with Crippen LogP contribution < -0.4 is 11.2 Å². The Kier molecular flexibility index (Phi) is 2.94. The van der Waals surface area contributed by atoms with Crippen LogP contribution in [0.2, 0.25) is 0 Å². The van der Waals surface area contributed by atoms with Gasteiger partial charge in [-0.15, -0.1) is 0 Å². The van der Waals surface area contributed by atoms with Crippen molar-refractivity contribution in [3.63, 3.8) is 0 Å². The Morgan fingerprint density at radius 3 is 2.45 bits per heavy atom. The van der Waals surface area contributed by atoms with Crippen LogP contribution in [0.3, 0.4) is 0 Å². The number of benzene rings is 1. The van der Waals surface area contributed by atoms with Crippen molar-refractivity contribution in [1.29, 1.82) is 0 Å². The zero-order chi connectivity index (χ0) is 16.0. The highest BCUT2D eigenvalue weighted by Crippen LogP contribution is 2.14. The fourth-order valence-corrected chi connectivity index (χ4v) is 2.36. The zero-order valence-corrected chi connectivity index (χ0v) is 11.3. The number of hydrogen-bond acceptors (Lipinski definition) is 3. The van der Waals surface area contributed by atoms with Gasteiger partial charge in [0.15, 0.2) is 0 Å². The van der Waals surface area contributed by atoms with Gasteiger partial charge < -0.3 is 14.7 Å². The van der Waals surface area contributed by atoms with Crippen LogP contribution in [0.25, 0.3) is 16.7 Å². The van der Waals surface area contributed by atoms with Gasteiger partial charge in [0.1, 0.15) is 16.9 Å². The number of carbonyl (C=O) groups is 1. The van der Waals surface area contributed by atoms with E-state index < -0.39 is 23.0 Å². The summed E-state index contributed by atoms with van der Waals surface area (Å²) >= 11 is 0. The third-order valence-electron chi connectivity index (χ3n) is 3.34. The number of aromatic carboxylic acids is 1. The SMILES string of the molecule is Cn1cc(C(=O)O)c2[nH]c(=O)n(-c3ccc(F)cc3)c(=O)c21. The Labute approximate surface area is 121 Å². The molecule has 8 heteroatoms. The van der Waals surface area contributed by atoms with Crippen molar-refractivity contribution >= 4 is 17.0 Å². The molecule has 0 aliphatic heterocycles. The Bertz CT molecular complexity index is 1010. The first-order valence-corrected chi connectivity index (χ1v) is 6.23. The van der Waals surface area contributed by atoms with Crippen LogP contribution in [0.1, 0.15) is 10.4 Å². The number of carboxylic acid groups (broad SMARTS) is 1. The maximum Gasteiger partial charge on any atom is 0.339 e. The van der Waals surface area contributed by atoms with Crippen molar-refractivity contribution in [3.05, 3.63) is 62.7 Å². The first-order chi connectivity index (χ1) is 10.4. The second-order valence-electron chi connectivity index (χ2n) is 4.73. The molecule has 0 bridgehead atoms. The highest BCUT2D eigenvalue weighted by Gasteiger charge is 2.19. The van der Waals surface area contributed by atoms with Gasteiger partial charge in [-0.1, -0.05) is 0 Å². The van der Waals surface area contributed by atoms with Gasteiger partial charge >= 0.3 is 11.7 Å². The van der Waals surface area contributed by atoms with Crippen LogP contribution in [0.5, 0.6) is 0 Å². The summed E-state index contributed by atoms with van der Waals surface area (Å²) in [5.74, 6) is -1.75. The molecular weight excluding hydrogens is 293 g/mol. The van der Waals surface area contributed by atoms with Crippen LogP contribution in [-0.2, 0) is 7.05 Å². The number of aromatic nitrogens is 3. The van der Waals surface area contributed by atoms with E-state index in [0.29, 0.717) is 0 Å². The van der Waals surface area contributed by atoms with Gasteiger partial charge in [0.2, 0.25) is 0 Å². The number of hydrogen-bond donors (Lipinski definition) is 2. The summed E-state index contributed by atoms with van der Waals surface area (Å²) < 4.78 is 15.1. The molecular formula is C14H10FN3O4. The van der Waals surface area contributed by atoms with Crippen LogP contribution in [-0.4, -0.2) is 25.2 Å². The topological polar surface area (TPSA) is 97.1 Å². The minimum atomic E-state index is -1.25. The molecule has 0 saturated heterocycles. The maximum absolute atomic E-state index is 13.0. The molecule has 0 aliphatic carbocycles. The van der Waals surface area contributed by atoms with Gasteiger partial charge in [0.25, 0.3) is 5.56 Å². The van der Waals surface area contributed by atoms with Gasteiger partial charge in [-0.05, 0) is 24.3 Å². The van der Waals surface area contributed by atoms with Crippen molar-refractivity contribution in [2.75, 3.05) is 0 Å². The summed E-state index contributed by atoms with van der Waals surface area (Å²) in [5, 5.41) is 9.11. The quantitative estimate of drug-likeness (QED) is 0.733.